The van der Waals surface area contributed by atoms with Crippen LogP contribution in [0.2, 0.25) is 0 Å². The maximum absolute atomic E-state index is 12.6. The molecule has 0 fully saturated rings. The summed E-state index contributed by atoms with van der Waals surface area (Å²) in [6, 6.07) is 12.3. The predicted molar refractivity (Wildman–Crippen MR) is 90.8 cm³/mol. The Bertz CT molecular complexity index is 959. The minimum atomic E-state index is -0.320. The summed E-state index contributed by atoms with van der Waals surface area (Å²) in [5, 5.41) is 16.0. The third-order valence-corrected chi connectivity index (χ3v) is 3.61. The molecule has 0 saturated heterocycles. The van der Waals surface area contributed by atoms with Crippen LogP contribution in [0.4, 0.5) is 5.69 Å². The van der Waals surface area contributed by atoms with E-state index < -0.39 is 0 Å². The Morgan fingerprint density at radius 1 is 1.25 bits per heavy atom. The van der Waals surface area contributed by atoms with E-state index in [1.165, 1.54) is 0 Å². The molecule has 1 amide bonds. The molecule has 0 aliphatic heterocycles. The van der Waals surface area contributed by atoms with Crippen molar-refractivity contribution in [1.82, 2.24) is 14.6 Å². The smallest absolute Gasteiger partial charge is 0.274 e. The molecule has 3 rings (SSSR count). The van der Waals surface area contributed by atoms with Gasteiger partial charge in [-0.3, -0.25) is 4.79 Å². The van der Waals surface area contributed by atoms with Gasteiger partial charge in [-0.25, -0.2) is 9.50 Å². The van der Waals surface area contributed by atoms with Crippen LogP contribution in [0.3, 0.4) is 0 Å². The Kier molecular flexibility index (Phi) is 3.78. The molecule has 0 aliphatic carbocycles. The van der Waals surface area contributed by atoms with Crippen molar-refractivity contribution >= 4 is 17.2 Å². The molecule has 0 saturated carbocycles. The Balaban J connectivity index is 1.99. The predicted octanol–water partition coefficient (Wildman–Crippen LogP) is 3.15. The molecule has 2 heterocycles. The van der Waals surface area contributed by atoms with E-state index in [-0.39, 0.29) is 11.3 Å². The van der Waals surface area contributed by atoms with E-state index in [0.717, 1.165) is 5.69 Å². The van der Waals surface area contributed by atoms with E-state index in [1.807, 2.05) is 0 Å². The second-order valence-electron chi connectivity index (χ2n) is 6.52. The van der Waals surface area contributed by atoms with Gasteiger partial charge in [0.25, 0.3) is 5.91 Å². The molecule has 24 heavy (non-hydrogen) atoms. The van der Waals surface area contributed by atoms with E-state index in [2.05, 4.69) is 42.2 Å². The molecule has 0 aliphatic rings. The Morgan fingerprint density at radius 3 is 2.75 bits per heavy atom. The van der Waals surface area contributed by atoms with Gasteiger partial charge in [0.1, 0.15) is 5.69 Å². The molecule has 0 radical (unpaired) electrons. The second kappa shape index (κ2) is 5.78. The lowest BCUT2D eigenvalue weighted by molar-refractivity contribution is 0.102. The Morgan fingerprint density at radius 2 is 2.04 bits per heavy atom. The molecule has 0 spiro atoms. The number of benzene rings is 1. The van der Waals surface area contributed by atoms with Crippen LogP contribution in [-0.4, -0.2) is 20.5 Å². The monoisotopic (exact) mass is 319 g/mol. The van der Waals surface area contributed by atoms with Gasteiger partial charge in [-0.05, 0) is 24.3 Å². The summed E-state index contributed by atoms with van der Waals surface area (Å²) in [6.07, 6.45) is 1.66. The Hall–Kier alpha value is -3.20. The highest BCUT2D eigenvalue weighted by Crippen LogP contribution is 2.23. The summed E-state index contributed by atoms with van der Waals surface area (Å²) < 4.78 is 1.74. The molecule has 6 heteroatoms. The van der Waals surface area contributed by atoms with Crippen molar-refractivity contribution in [1.29, 1.82) is 5.26 Å². The lowest BCUT2D eigenvalue weighted by Crippen LogP contribution is -2.21. The molecule has 2 aromatic heterocycles. The maximum Gasteiger partial charge on any atom is 0.274 e. The van der Waals surface area contributed by atoms with E-state index >= 15 is 0 Å². The number of rotatable bonds is 2. The van der Waals surface area contributed by atoms with Crippen molar-refractivity contribution in [2.45, 2.75) is 26.2 Å². The highest BCUT2D eigenvalue weighted by Gasteiger charge is 2.21. The van der Waals surface area contributed by atoms with Gasteiger partial charge in [-0.2, -0.15) is 10.4 Å². The van der Waals surface area contributed by atoms with Gasteiger partial charge < -0.3 is 5.32 Å². The number of nitrogens with one attached hydrogen (secondary N) is 1. The summed E-state index contributed by atoms with van der Waals surface area (Å²) in [5.41, 5.74) is 2.69. The number of aromatic nitrogens is 3. The number of amides is 1. The van der Waals surface area contributed by atoms with Crippen LogP contribution in [0.25, 0.3) is 5.65 Å². The number of carbonyl (C=O) groups excluding carboxylic acids is 1. The number of hydrogen-bond acceptors (Lipinski definition) is 4. The van der Waals surface area contributed by atoms with Crippen LogP contribution in [0.1, 0.15) is 42.5 Å². The first-order valence-corrected chi connectivity index (χ1v) is 7.55. The minimum Gasteiger partial charge on any atom is -0.321 e. The zero-order valence-corrected chi connectivity index (χ0v) is 13.7. The quantitative estimate of drug-likeness (QED) is 0.786. The van der Waals surface area contributed by atoms with Gasteiger partial charge in [-0.15, -0.1) is 0 Å². The molecule has 120 valence electrons. The number of nitriles is 1. The van der Waals surface area contributed by atoms with Crippen molar-refractivity contribution in [3.05, 3.63) is 59.5 Å². The van der Waals surface area contributed by atoms with Crippen LogP contribution in [-0.2, 0) is 5.41 Å². The van der Waals surface area contributed by atoms with Crippen LogP contribution in [0.15, 0.2) is 42.6 Å². The van der Waals surface area contributed by atoms with Crippen molar-refractivity contribution in [2.24, 2.45) is 0 Å². The van der Waals surface area contributed by atoms with Gasteiger partial charge in [0.15, 0.2) is 5.65 Å². The zero-order valence-electron chi connectivity index (χ0n) is 13.7. The summed E-state index contributed by atoms with van der Waals surface area (Å²) in [7, 11) is 0. The van der Waals surface area contributed by atoms with E-state index in [0.29, 0.717) is 22.6 Å². The number of nitrogens with zero attached hydrogens (tertiary/aromatic N) is 4. The van der Waals surface area contributed by atoms with Gasteiger partial charge in [0.05, 0.1) is 23.5 Å². The molecule has 0 atom stereocenters. The molecular weight excluding hydrogens is 302 g/mol. The molecule has 0 unspecified atom stereocenters. The lowest BCUT2D eigenvalue weighted by Gasteiger charge is -2.20. The van der Waals surface area contributed by atoms with Crippen molar-refractivity contribution in [3.8, 4) is 6.07 Å². The summed E-state index contributed by atoms with van der Waals surface area (Å²) in [5.74, 6) is -0.320. The largest absolute Gasteiger partial charge is 0.321 e. The summed E-state index contributed by atoms with van der Waals surface area (Å²) in [4.78, 5) is 16.9. The molecule has 6 nitrogen and oxygen atoms in total. The van der Waals surface area contributed by atoms with Gasteiger partial charge in [0, 0.05) is 17.2 Å². The van der Waals surface area contributed by atoms with Crippen LogP contribution >= 0.6 is 0 Å². The van der Waals surface area contributed by atoms with Crippen molar-refractivity contribution < 1.29 is 4.79 Å². The lowest BCUT2D eigenvalue weighted by atomic mass is 9.91. The molecule has 1 N–H and O–H groups in total. The molecular formula is C18H17N5O. The second-order valence-corrected chi connectivity index (χ2v) is 6.52. The van der Waals surface area contributed by atoms with Crippen molar-refractivity contribution in [2.75, 3.05) is 5.32 Å². The van der Waals surface area contributed by atoms with Crippen LogP contribution in [0.5, 0.6) is 0 Å². The number of anilines is 1. The SMILES string of the molecule is CC(C)(C)c1cc(C(=O)Nc2cccc(C#N)c2)nc2ccnn12. The highest BCUT2D eigenvalue weighted by molar-refractivity contribution is 6.03. The normalized spacial score (nSPS) is 11.2. The maximum atomic E-state index is 12.6. The third-order valence-electron chi connectivity index (χ3n) is 3.61. The van der Waals surface area contributed by atoms with Crippen LogP contribution in [0, 0.1) is 11.3 Å². The first-order chi connectivity index (χ1) is 11.4. The van der Waals surface area contributed by atoms with Gasteiger partial charge >= 0.3 is 0 Å². The average molecular weight is 319 g/mol. The van der Waals surface area contributed by atoms with Gasteiger partial charge in [-0.1, -0.05) is 26.8 Å². The van der Waals surface area contributed by atoms with E-state index in [9.17, 15) is 4.79 Å². The fraction of sp³-hybridized carbons (Fsp3) is 0.222. The third kappa shape index (κ3) is 2.97. The van der Waals surface area contributed by atoms with E-state index in [1.54, 1.807) is 47.1 Å². The molecule has 1 aromatic carbocycles. The first kappa shape index (κ1) is 15.7. The highest BCUT2D eigenvalue weighted by atomic mass is 16.1. The fourth-order valence-electron chi connectivity index (χ4n) is 2.43. The standard InChI is InChI=1S/C18H17N5O/c1-18(2,3)15-10-14(22-16-7-8-20-23(15)16)17(24)21-13-6-4-5-12(9-13)11-19/h4-10H,1-3H3,(H,21,24). The Labute approximate surface area is 139 Å². The van der Waals surface area contributed by atoms with E-state index in [4.69, 9.17) is 5.26 Å². The summed E-state index contributed by atoms with van der Waals surface area (Å²) >= 11 is 0. The van der Waals surface area contributed by atoms with Crippen LogP contribution < -0.4 is 5.32 Å². The number of fused-ring (bicyclic) bond motifs is 1. The fourth-order valence-corrected chi connectivity index (χ4v) is 2.43. The molecule has 0 bridgehead atoms. The number of carbonyl (C=O) groups is 1. The van der Waals surface area contributed by atoms with Crippen molar-refractivity contribution in [3.63, 3.8) is 0 Å². The van der Waals surface area contributed by atoms with Gasteiger partial charge in [0.2, 0.25) is 0 Å². The minimum absolute atomic E-state index is 0.192. The summed E-state index contributed by atoms with van der Waals surface area (Å²) in [6.45, 7) is 6.17. The first-order valence-electron chi connectivity index (χ1n) is 7.55. The average Bonchev–Trinajstić information content (AvgIpc) is 3.01. The molecule has 3 aromatic rings. The topological polar surface area (TPSA) is 83.1 Å². The zero-order chi connectivity index (χ0) is 17.3. The number of hydrogen-bond donors (Lipinski definition) is 1.